The molecule has 158 valence electrons. The molecule has 30 heavy (non-hydrogen) atoms. The van der Waals surface area contributed by atoms with Crippen LogP contribution in [0, 0.1) is 12.8 Å². The number of rotatable bonds is 6. The minimum absolute atomic E-state index is 0.125. The average molecular weight is 427 g/mol. The van der Waals surface area contributed by atoms with Crippen molar-refractivity contribution in [2.45, 2.75) is 49.7 Å². The van der Waals surface area contributed by atoms with Gasteiger partial charge in [-0.25, -0.2) is 8.42 Å². The average Bonchev–Trinajstić information content (AvgIpc) is 3.46. The molecular weight excluding hydrogens is 400 g/mol. The van der Waals surface area contributed by atoms with Crippen LogP contribution in [-0.4, -0.2) is 32.0 Å². The maximum absolute atomic E-state index is 13.0. The lowest BCUT2D eigenvalue weighted by molar-refractivity contribution is -0.119. The van der Waals surface area contributed by atoms with E-state index in [0.717, 1.165) is 29.7 Å². The van der Waals surface area contributed by atoms with Crippen molar-refractivity contribution >= 4 is 33.0 Å². The first-order valence-corrected chi connectivity index (χ1v) is 11.8. The number of nitrogens with zero attached hydrogens (tertiary/aromatic N) is 1. The highest BCUT2D eigenvalue weighted by Gasteiger charge is 2.37. The summed E-state index contributed by atoms with van der Waals surface area (Å²) in [5.41, 5.74) is 3.36. The summed E-state index contributed by atoms with van der Waals surface area (Å²) in [7, 11) is -3.66. The maximum Gasteiger partial charge on any atom is 0.230 e. The third kappa shape index (κ3) is 4.12. The molecule has 4 rings (SSSR count). The van der Waals surface area contributed by atoms with Crippen LogP contribution in [-0.2, 0) is 25.8 Å². The summed E-state index contributed by atoms with van der Waals surface area (Å²) in [5, 5.41) is 1.91. The topological polar surface area (TPSA) is 83.6 Å². The summed E-state index contributed by atoms with van der Waals surface area (Å²) in [6.07, 6.45) is 2.41. The number of benzene rings is 2. The van der Waals surface area contributed by atoms with Crippen LogP contribution in [0.25, 0.3) is 0 Å². The first-order chi connectivity index (χ1) is 14.3. The van der Waals surface area contributed by atoms with E-state index in [1.165, 1.54) is 0 Å². The minimum atomic E-state index is -3.66. The molecule has 0 bridgehead atoms. The molecule has 2 aromatic rings. The van der Waals surface area contributed by atoms with Crippen LogP contribution in [0.4, 0.5) is 11.4 Å². The zero-order chi connectivity index (χ0) is 21.5. The quantitative estimate of drug-likeness (QED) is 0.766. The number of carbonyl (C=O) groups excluding carboxylic acids is 2. The van der Waals surface area contributed by atoms with Crippen LogP contribution < -0.4 is 10.2 Å². The largest absolute Gasteiger partial charge is 0.326 e. The number of fused-ring (bicyclic) bond motifs is 1. The second-order valence-corrected chi connectivity index (χ2v) is 10.6. The highest BCUT2D eigenvalue weighted by Crippen LogP contribution is 2.37. The van der Waals surface area contributed by atoms with Crippen LogP contribution in [0.1, 0.15) is 37.3 Å². The Kier molecular flexibility index (Phi) is 5.40. The zero-order valence-corrected chi connectivity index (χ0v) is 18.0. The SMILES string of the molecule is Cc1cccc(NC(=O)C[C@@H](C)S(=O)(=O)c2ccc3c(c2)CCN3C(=O)C2CC2)c1. The Bertz CT molecular complexity index is 1110. The van der Waals surface area contributed by atoms with Crippen molar-refractivity contribution in [2.75, 3.05) is 16.8 Å². The van der Waals surface area contributed by atoms with E-state index in [1.54, 1.807) is 36.1 Å². The molecular formula is C23H26N2O4S. The molecule has 1 N–H and O–H groups in total. The Morgan fingerprint density at radius 2 is 1.93 bits per heavy atom. The highest BCUT2D eigenvalue weighted by molar-refractivity contribution is 7.92. The van der Waals surface area contributed by atoms with Gasteiger partial charge in [-0.15, -0.1) is 0 Å². The van der Waals surface area contributed by atoms with Crippen molar-refractivity contribution in [3.63, 3.8) is 0 Å². The molecule has 1 aliphatic heterocycles. The molecule has 0 spiro atoms. The molecule has 2 aromatic carbocycles. The Balaban J connectivity index is 1.46. The van der Waals surface area contributed by atoms with Crippen molar-refractivity contribution in [3.05, 3.63) is 53.6 Å². The molecule has 1 fully saturated rings. The van der Waals surface area contributed by atoms with Gasteiger partial charge in [-0.3, -0.25) is 9.59 Å². The van der Waals surface area contributed by atoms with Crippen LogP contribution in [0.3, 0.4) is 0 Å². The fourth-order valence-electron chi connectivity index (χ4n) is 3.87. The smallest absolute Gasteiger partial charge is 0.230 e. The van der Waals surface area contributed by atoms with E-state index in [-0.39, 0.29) is 29.0 Å². The Morgan fingerprint density at radius 1 is 1.17 bits per heavy atom. The summed E-state index contributed by atoms with van der Waals surface area (Å²) in [6, 6.07) is 12.3. The zero-order valence-electron chi connectivity index (χ0n) is 17.2. The lowest BCUT2D eigenvalue weighted by Crippen LogP contribution is -2.30. The van der Waals surface area contributed by atoms with E-state index in [4.69, 9.17) is 0 Å². The summed E-state index contributed by atoms with van der Waals surface area (Å²) in [6.45, 7) is 4.08. The maximum atomic E-state index is 13.0. The predicted molar refractivity (Wildman–Crippen MR) is 116 cm³/mol. The molecule has 1 heterocycles. The Labute approximate surface area is 177 Å². The number of amides is 2. The lowest BCUT2D eigenvalue weighted by Gasteiger charge is -2.18. The van der Waals surface area contributed by atoms with Crippen molar-refractivity contribution in [1.82, 2.24) is 0 Å². The van der Waals surface area contributed by atoms with Gasteiger partial charge in [0.25, 0.3) is 0 Å². The molecule has 1 aliphatic carbocycles. The minimum Gasteiger partial charge on any atom is -0.326 e. The molecule has 6 nitrogen and oxygen atoms in total. The Morgan fingerprint density at radius 3 is 2.63 bits per heavy atom. The molecule has 2 amide bonds. The van der Waals surface area contributed by atoms with E-state index >= 15 is 0 Å². The Hall–Kier alpha value is -2.67. The summed E-state index contributed by atoms with van der Waals surface area (Å²) in [5.74, 6) is -0.0594. The van der Waals surface area contributed by atoms with Gasteiger partial charge in [0.2, 0.25) is 11.8 Å². The predicted octanol–water partition coefficient (Wildman–Crippen LogP) is 3.49. The second kappa shape index (κ2) is 7.87. The normalized spacial score (nSPS) is 16.8. The number of nitrogens with one attached hydrogen (secondary N) is 1. The number of carbonyl (C=O) groups is 2. The van der Waals surface area contributed by atoms with Gasteiger partial charge in [0.1, 0.15) is 0 Å². The molecule has 0 radical (unpaired) electrons. The number of hydrogen-bond acceptors (Lipinski definition) is 4. The van der Waals surface area contributed by atoms with Gasteiger partial charge in [-0.05, 0) is 74.6 Å². The molecule has 1 atom stereocenters. The second-order valence-electron chi connectivity index (χ2n) is 8.28. The summed E-state index contributed by atoms with van der Waals surface area (Å²) >= 11 is 0. The van der Waals surface area contributed by atoms with Crippen molar-refractivity contribution < 1.29 is 18.0 Å². The fraction of sp³-hybridized carbons (Fsp3) is 0.391. The highest BCUT2D eigenvalue weighted by atomic mass is 32.2. The molecule has 0 saturated heterocycles. The number of sulfone groups is 1. The van der Waals surface area contributed by atoms with Crippen LogP contribution in [0.15, 0.2) is 47.4 Å². The van der Waals surface area contributed by atoms with Crippen LogP contribution in [0.5, 0.6) is 0 Å². The van der Waals surface area contributed by atoms with Crippen LogP contribution in [0.2, 0.25) is 0 Å². The van der Waals surface area contributed by atoms with Gasteiger partial charge >= 0.3 is 0 Å². The lowest BCUT2D eigenvalue weighted by atomic mass is 10.2. The molecule has 0 aromatic heterocycles. The van der Waals surface area contributed by atoms with Gasteiger partial charge in [-0.1, -0.05) is 12.1 Å². The molecule has 7 heteroatoms. The van der Waals surface area contributed by atoms with Gasteiger partial charge in [0, 0.05) is 30.3 Å². The van der Waals surface area contributed by atoms with E-state index in [9.17, 15) is 18.0 Å². The third-order valence-electron chi connectivity index (χ3n) is 5.77. The van der Waals surface area contributed by atoms with E-state index in [0.29, 0.717) is 18.7 Å². The first kappa shape index (κ1) is 20.6. The third-order valence-corrected chi connectivity index (χ3v) is 7.91. The van der Waals surface area contributed by atoms with Gasteiger partial charge < -0.3 is 10.2 Å². The summed E-state index contributed by atoms with van der Waals surface area (Å²) in [4.78, 5) is 26.8. The van der Waals surface area contributed by atoms with Crippen molar-refractivity contribution in [1.29, 1.82) is 0 Å². The fourth-order valence-corrected chi connectivity index (χ4v) is 5.27. The molecule has 0 unspecified atom stereocenters. The van der Waals surface area contributed by atoms with E-state index < -0.39 is 15.1 Å². The van der Waals surface area contributed by atoms with E-state index in [1.807, 2.05) is 25.1 Å². The first-order valence-electron chi connectivity index (χ1n) is 10.3. The monoisotopic (exact) mass is 426 g/mol. The van der Waals surface area contributed by atoms with E-state index in [2.05, 4.69) is 5.32 Å². The molecule has 1 saturated carbocycles. The standard InChI is InChI=1S/C23H26N2O4S/c1-15-4-3-5-19(12-15)24-22(26)13-16(2)30(28,29)20-8-9-21-18(14-20)10-11-25(21)23(27)17-6-7-17/h3-5,8-9,12,14,16-17H,6-7,10-11,13H2,1-2H3,(H,24,26)/t16-/m1/s1. The van der Waals surface area contributed by atoms with Gasteiger partial charge in [0.15, 0.2) is 9.84 Å². The summed E-state index contributed by atoms with van der Waals surface area (Å²) < 4.78 is 26.1. The number of anilines is 2. The van der Waals surface area contributed by atoms with Crippen molar-refractivity contribution in [3.8, 4) is 0 Å². The van der Waals surface area contributed by atoms with Gasteiger partial charge in [-0.2, -0.15) is 0 Å². The van der Waals surface area contributed by atoms with Crippen molar-refractivity contribution in [2.24, 2.45) is 5.92 Å². The van der Waals surface area contributed by atoms with Gasteiger partial charge in [0.05, 0.1) is 10.1 Å². The van der Waals surface area contributed by atoms with Crippen LogP contribution >= 0.6 is 0 Å². The molecule has 2 aliphatic rings. The number of aryl methyl sites for hydroxylation is 1. The number of hydrogen-bond donors (Lipinski definition) is 1.